The first-order valence-corrected chi connectivity index (χ1v) is 9.88. The van der Waals surface area contributed by atoms with Crippen molar-refractivity contribution in [2.24, 2.45) is 5.92 Å². The fraction of sp³-hybridized carbons (Fsp3) is 0.474. The van der Waals surface area contributed by atoms with Gasteiger partial charge in [0.2, 0.25) is 5.91 Å². The highest BCUT2D eigenvalue weighted by Crippen LogP contribution is 2.38. The van der Waals surface area contributed by atoms with Gasteiger partial charge in [0.05, 0.1) is 29.4 Å². The molecule has 2 rings (SSSR count). The highest BCUT2D eigenvalue weighted by Gasteiger charge is 2.37. The van der Waals surface area contributed by atoms with E-state index >= 15 is 0 Å². The van der Waals surface area contributed by atoms with Gasteiger partial charge in [-0.1, -0.05) is 13.8 Å². The van der Waals surface area contributed by atoms with Crippen LogP contribution < -0.4 is 10.6 Å². The number of rotatable bonds is 7. The molecule has 0 saturated heterocycles. The number of nitrogens with zero attached hydrogens (tertiary/aromatic N) is 1. The van der Waals surface area contributed by atoms with Crippen molar-refractivity contribution in [3.8, 4) is 11.3 Å². The largest absolute Gasteiger partial charge is 0.416 e. The quantitative estimate of drug-likeness (QED) is 0.574. The van der Waals surface area contributed by atoms with Crippen molar-refractivity contribution in [3.63, 3.8) is 0 Å². The second-order valence-electron chi connectivity index (χ2n) is 7.11. The van der Waals surface area contributed by atoms with Crippen molar-refractivity contribution in [2.75, 3.05) is 7.05 Å². The number of benzene rings is 1. The fourth-order valence-electron chi connectivity index (χ4n) is 2.74. The summed E-state index contributed by atoms with van der Waals surface area (Å²) in [5, 5.41) is 7.30. The van der Waals surface area contributed by atoms with Crippen LogP contribution in [0, 0.1) is 5.92 Å². The summed E-state index contributed by atoms with van der Waals surface area (Å²) >= 11 is 1.04. The molecule has 0 fully saturated rings. The van der Waals surface area contributed by atoms with Crippen molar-refractivity contribution in [2.45, 2.75) is 45.2 Å². The Morgan fingerprint density at radius 1 is 1.07 bits per heavy atom. The lowest BCUT2D eigenvalue weighted by Gasteiger charge is -2.17. The maximum atomic E-state index is 13.0. The van der Waals surface area contributed by atoms with Gasteiger partial charge in [0.1, 0.15) is 5.01 Å². The van der Waals surface area contributed by atoms with Gasteiger partial charge in [-0.25, -0.2) is 4.98 Å². The van der Waals surface area contributed by atoms with Gasteiger partial charge in [-0.05, 0) is 37.6 Å². The van der Waals surface area contributed by atoms with E-state index in [9.17, 15) is 31.1 Å². The summed E-state index contributed by atoms with van der Waals surface area (Å²) in [6.45, 7) is 3.95. The lowest BCUT2D eigenvalue weighted by atomic mass is 10.0. The maximum Gasteiger partial charge on any atom is 0.416 e. The minimum absolute atomic E-state index is 0.0187. The molecule has 1 aromatic heterocycles. The van der Waals surface area contributed by atoms with Gasteiger partial charge in [-0.3, -0.25) is 4.79 Å². The Kier molecular flexibility index (Phi) is 7.51. The number of hydrogen-bond donors (Lipinski definition) is 2. The smallest absolute Gasteiger partial charge is 0.348 e. The van der Waals surface area contributed by atoms with Crippen molar-refractivity contribution in [3.05, 3.63) is 39.7 Å². The zero-order valence-corrected chi connectivity index (χ0v) is 17.2. The summed E-state index contributed by atoms with van der Waals surface area (Å²) in [7, 11) is 1.65. The Labute approximate surface area is 173 Å². The number of carbonyl (C=O) groups is 1. The predicted octanol–water partition coefficient (Wildman–Crippen LogP) is 5.10. The molecule has 1 aromatic carbocycles. The van der Waals surface area contributed by atoms with Crippen LogP contribution in [0.1, 0.15) is 36.4 Å². The van der Waals surface area contributed by atoms with Gasteiger partial charge in [0, 0.05) is 10.9 Å². The van der Waals surface area contributed by atoms with Gasteiger partial charge in [0.25, 0.3) is 0 Å². The normalized spacial score (nSPS) is 13.5. The molecule has 2 N–H and O–H groups in total. The lowest BCUT2D eigenvalue weighted by molar-refractivity contribution is -0.143. The predicted molar refractivity (Wildman–Crippen MR) is 102 cm³/mol. The Morgan fingerprint density at radius 2 is 1.63 bits per heavy atom. The number of aromatic nitrogens is 1. The van der Waals surface area contributed by atoms with E-state index < -0.39 is 29.5 Å². The first-order valence-electron chi connectivity index (χ1n) is 9.00. The fourth-order valence-corrected chi connectivity index (χ4v) is 3.48. The number of amides is 1. The maximum absolute atomic E-state index is 13.0. The molecule has 4 nitrogen and oxygen atoms in total. The van der Waals surface area contributed by atoms with Gasteiger partial charge in [0.15, 0.2) is 0 Å². The van der Waals surface area contributed by atoms with Crippen molar-refractivity contribution in [1.82, 2.24) is 15.6 Å². The molecule has 0 aliphatic heterocycles. The zero-order chi connectivity index (χ0) is 22.7. The monoisotopic (exact) mass is 453 g/mol. The number of nitrogens with one attached hydrogen (secondary N) is 2. The molecule has 0 saturated carbocycles. The summed E-state index contributed by atoms with van der Waals surface area (Å²) in [5.41, 5.74) is -3.12. The lowest BCUT2D eigenvalue weighted by Crippen LogP contribution is -2.43. The van der Waals surface area contributed by atoms with Gasteiger partial charge >= 0.3 is 12.4 Å². The van der Waals surface area contributed by atoms with E-state index in [2.05, 4.69) is 15.6 Å². The third kappa shape index (κ3) is 6.43. The van der Waals surface area contributed by atoms with Crippen LogP contribution in [0.25, 0.3) is 11.3 Å². The summed E-state index contributed by atoms with van der Waals surface area (Å²) in [6, 6.07) is 0.921. The molecule has 30 heavy (non-hydrogen) atoms. The minimum atomic E-state index is -4.93. The van der Waals surface area contributed by atoms with E-state index in [0.29, 0.717) is 23.6 Å². The Bertz CT molecular complexity index is 844. The van der Waals surface area contributed by atoms with Crippen LogP contribution in [0.2, 0.25) is 0 Å². The van der Waals surface area contributed by atoms with Crippen LogP contribution in [0.3, 0.4) is 0 Å². The summed E-state index contributed by atoms with van der Waals surface area (Å²) in [4.78, 5) is 16.3. The molecule has 166 valence electrons. The molecule has 0 spiro atoms. The van der Waals surface area contributed by atoms with Crippen LogP contribution in [-0.2, 0) is 23.7 Å². The van der Waals surface area contributed by atoms with E-state index in [4.69, 9.17) is 0 Å². The number of thiazole rings is 1. The third-order valence-corrected chi connectivity index (χ3v) is 5.07. The van der Waals surface area contributed by atoms with Gasteiger partial charge in [-0.2, -0.15) is 26.3 Å². The summed E-state index contributed by atoms with van der Waals surface area (Å²) in [5.74, 6) is 0.0183. The molecule has 11 heteroatoms. The number of carbonyl (C=O) groups excluding carboxylic acids is 1. The van der Waals surface area contributed by atoms with Crippen LogP contribution in [0.15, 0.2) is 23.6 Å². The molecule has 0 unspecified atom stereocenters. The molecular formula is C19H21F6N3OS. The minimum Gasteiger partial charge on any atom is -0.348 e. The second-order valence-corrected chi connectivity index (χ2v) is 8.05. The van der Waals surface area contributed by atoms with E-state index in [-0.39, 0.29) is 35.7 Å². The Balaban J connectivity index is 2.22. The highest BCUT2D eigenvalue weighted by atomic mass is 32.1. The molecule has 2 aromatic rings. The molecule has 0 aliphatic carbocycles. The molecule has 0 radical (unpaired) electrons. The van der Waals surface area contributed by atoms with E-state index in [1.165, 1.54) is 5.38 Å². The van der Waals surface area contributed by atoms with Crippen molar-refractivity contribution >= 4 is 17.2 Å². The summed E-state index contributed by atoms with van der Waals surface area (Å²) < 4.78 is 78.2. The van der Waals surface area contributed by atoms with Crippen molar-refractivity contribution < 1.29 is 31.1 Å². The Morgan fingerprint density at radius 3 is 2.10 bits per heavy atom. The number of likely N-dealkylation sites (N-methyl/N-ethyl adjacent to an activating group) is 1. The van der Waals surface area contributed by atoms with Gasteiger partial charge < -0.3 is 10.6 Å². The van der Waals surface area contributed by atoms with Crippen LogP contribution >= 0.6 is 11.3 Å². The second kappa shape index (κ2) is 9.34. The third-order valence-electron chi connectivity index (χ3n) is 4.22. The van der Waals surface area contributed by atoms with Crippen LogP contribution in [0.4, 0.5) is 26.3 Å². The molecule has 1 heterocycles. The van der Waals surface area contributed by atoms with Crippen LogP contribution in [-0.4, -0.2) is 24.0 Å². The highest BCUT2D eigenvalue weighted by molar-refractivity contribution is 7.09. The SMILES string of the molecule is CN[C@@H](CC(C)C)C(=O)NCc1nc(-c2cc(C(F)(F)F)cc(C(F)(F)F)c2)cs1. The van der Waals surface area contributed by atoms with E-state index in [0.717, 1.165) is 11.3 Å². The molecule has 0 aliphatic rings. The standard InChI is InChI=1S/C19H21F6N3OS/c1-10(2)4-14(26-3)17(29)27-8-16-28-15(9-30-16)11-5-12(18(20,21)22)7-13(6-11)19(23,24)25/h5-7,9-10,14,26H,4,8H2,1-3H3,(H,27,29)/t14-/m0/s1. The van der Waals surface area contributed by atoms with E-state index in [1.54, 1.807) is 7.05 Å². The number of halogens is 6. The molecule has 0 bridgehead atoms. The first kappa shape index (κ1) is 24.1. The van der Waals surface area contributed by atoms with E-state index in [1.807, 2.05) is 13.8 Å². The average Bonchev–Trinajstić information content (AvgIpc) is 3.11. The first-order chi connectivity index (χ1) is 13.8. The summed E-state index contributed by atoms with van der Waals surface area (Å²) in [6.07, 6.45) is -9.25. The topological polar surface area (TPSA) is 54.0 Å². The molecule has 1 atom stereocenters. The van der Waals surface area contributed by atoms with Gasteiger partial charge in [-0.15, -0.1) is 11.3 Å². The molecular weight excluding hydrogens is 432 g/mol. The molecule has 1 amide bonds. The number of alkyl halides is 6. The zero-order valence-electron chi connectivity index (χ0n) is 16.4. The number of hydrogen-bond acceptors (Lipinski definition) is 4. The van der Waals surface area contributed by atoms with Crippen molar-refractivity contribution in [1.29, 1.82) is 0 Å². The van der Waals surface area contributed by atoms with Crippen LogP contribution in [0.5, 0.6) is 0 Å². The Hall–Kier alpha value is -2.14. The average molecular weight is 453 g/mol.